The fourth-order valence-corrected chi connectivity index (χ4v) is 8.16. The van der Waals surface area contributed by atoms with Gasteiger partial charge >= 0.3 is 12.1 Å². The number of hydrogen-bond acceptors (Lipinski definition) is 12. The Balaban J connectivity index is 0.000000517. The summed E-state index contributed by atoms with van der Waals surface area (Å²) in [6, 6.07) is 8.02. The van der Waals surface area contributed by atoms with E-state index in [1.807, 2.05) is 6.07 Å². The zero-order valence-corrected chi connectivity index (χ0v) is 23.6. The highest BCUT2D eigenvalue weighted by atomic mass is 32.2. The van der Waals surface area contributed by atoms with Crippen LogP contribution >= 0.6 is 11.3 Å². The van der Waals surface area contributed by atoms with E-state index in [0.717, 1.165) is 4.70 Å². The number of nitrogen functional groups attached to an aromatic ring is 1. The molecule has 1 aliphatic heterocycles. The molecule has 0 amide bonds. The number of halogens is 3. The number of fused-ring (bicyclic) bond motifs is 1. The third-order valence-electron chi connectivity index (χ3n) is 6.14. The first-order valence-corrected chi connectivity index (χ1v) is 15.4. The number of nitrogens with zero attached hydrogens (tertiary/aromatic N) is 5. The fourth-order valence-electron chi connectivity index (χ4n) is 4.29. The second kappa shape index (κ2) is 11.5. The van der Waals surface area contributed by atoms with Crippen molar-refractivity contribution in [3.05, 3.63) is 30.3 Å². The zero-order valence-electron chi connectivity index (χ0n) is 21.1. The summed E-state index contributed by atoms with van der Waals surface area (Å²) in [7, 11) is -8.84. The number of nitrogens with two attached hydrogens (primary N) is 3. The van der Waals surface area contributed by atoms with Gasteiger partial charge in [-0.1, -0.05) is 29.5 Å². The Bertz CT molecular complexity index is 1850. The number of nitrogens with one attached hydrogen (secondary N) is 1. The van der Waals surface area contributed by atoms with Crippen molar-refractivity contribution in [2.45, 2.75) is 22.4 Å². The Kier molecular flexibility index (Phi) is 8.53. The number of carbonyl (C=O) groups is 1. The maximum absolute atomic E-state index is 13.6. The van der Waals surface area contributed by atoms with Crippen molar-refractivity contribution in [2.75, 3.05) is 25.4 Å². The number of thiazole rings is 1. The van der Waals surface area contributed by atoms with Crippen LogP contribution < -0.4 is 16.6 Å². The van der Waals surface area contributed by atoms with Crippen LogP contribution in [0, 0.1) is 5.92 Å². The number of rotatable bonds is 6. The van der Waals surface area contributed by atoms with Gasteiger partial charge < -0.3 is 16.6 Å². The van der Waals surface area contributed by atoms with Gasteiger partial charge in [-0.15, -0.1) is 10.2 Å². The number of primary sulfonamides is 1. The van der Waals surface area contributed by atoms with Crippen LogP contribution in [0.1, 0.15) is 6.42 Å². The first-order chi connectivity index (χ1) is 19.6. The second-order valence-corrected chi connectivity index (χ2v) is 13.3. The minimum absolute atomic E-state index is 0.0219. The number of anilines is 1. The van der Waals surface area contributed by atoms with Crippen molar-refractivity contribution in [3.8, 4) is 22.5 Å². The molecule has 1 aliphatic rings. The SMILES string of the molecule is NCC1CCN(S(=O)(=O)c2ccc(-c3cccc4sc(N)nc34)c(-c3nn[nH]n3)c2S(N)(=O)=O)C1.O=C(O)C(F)(F)F. The lowest BCUT2D eigenvalue weighted by atomic mass is 9.98. The highest BCUT2D eigenvalue weighted by molar-refractivity contribution is 7.92. The average Bonchev–Trinajstić information content (AvgIpc) is 3.67. The van der Waals surface area contributed by atoms with Crippen LogP contribution in [0.4, 0.5) is 18.3 Å². The van der Waals surface area contributed by atoms with E-state index in [4.69, 9.17) is 26.5 Å². The molecule has 226 valence electrons. The predicted octanol–water partition coefficient (Wildman–Crippen LogP) is 0.976. The smallest absolute Gasteiger partial charge is 0.475 e. The standard InChI is InChI=1S/C19H21N9O4S3.C2HF3O2/c20-8-10-6-7-28(9-10)35(31,32)14-5-4-11(12-2-1-3-13-16(12)23-19(21)33-13)15(17(14)34(22,29)30)18-24-26-27-25-18;3-2(4,5)1(6)7/h1-5,10H,6-9,20H2,(H2,21,23)(H2,22,29,30)(H,24,25,26,27);(H,6,7). The number of benzene rings is 2. The van der Waals surface area contributed by atoms with E-state index >= 15 is 0 Å². The maximum Gasteiger partial charge on any atom is 0.490 e. The van der Waals surface area contributed by atoms with Crippen LogP contribution in [0.3, 0.4) is 0 Å². The number of H-pyrrole nitrogens is 1. The summed E-state index contributed by atoms with van der Waals surface area (Å²) in [5.41, 5.74) is 12.9. The molecule has 1 unspecified atom stereocenters. The van der Waals surface area contributed by atoms with Crippen LogP contribution in [0.25, 0.3) is 32.7 Å². The molecule has 0 spiro atoms. The zero-order chi connectivity index (χ0) is 31.0. The minimum atomic E-state index is -5.08. The molecule has 15 nitrogen and oxygen atoms in total. The Labute approximate surface area is 239 Å². The fraction of sp³-hybridized carbons (Fsp3) is 0.286. The van der Waals surface area contributed by atoms with Gasteiger partial charge in [0, 0.05) is 18.7 Å². The number of sulfonamides is 2. The van der Waals surface area contributed by atoms with E-state index in [0.29, 0.717) is 34.7 Å². The summed E-state index contributed by atoms with van der Waals surface area (Å²) in [6.45, 7) is 0.715. The summed E-state index contributed by atoms with van der Waals surface area (Å²) in [4.78, 5) is 12.2. The highest BCUT2D eigenvalue weighted by Gasteiger charge is 2.39. The number of carboxylic acids is 1. The monoisotopic (exact) mass is 649 g/mol. The number of aromatic nitrogens is 5. The molecule has 4 aromatic rings. The molecule has 5 rings (SSSR count). The molecule has 0 aliphatic carbocycles. The minimum Gasteiger partial charge on any atom is -0.475 e. The second-order valence-electron chi connectivity index (χ2n) is 8.86. The molecular formula is C21H22F3N9O6S3. The normalized spacial score (nSPS) is 16.4. The van der Waals surface area contributed by atoms with Crippen LogP contribution in [0.5, 0.6) is 0 Å². The first kappa shape index (κ1) is 31.2. The first-order valence-electron chi connectivity index (χ1n) is 11.6. The molecule has 42 heavy (non-hydrogen) atoms. The third kappa shape index (κ3) is 6.19. The molecule has 0 radical (unpaired) electrons. The van der Waals surface area contributed by atoms with E-state index in [1.54, 1.807) is 12.1 Å². The van der Waals surface area contributed by atoms with E-state index < -0.39 is 42.0 Å². The van der Waals surface area contributed by atoms with Crippen molar-refractivity contribution < 1.29 is 39.9 Å². The predicted molar refractivity (Wildman–Crippen MR) is 144 cm³/mol. The molecule has 0 bridgehead atoms. The van der Waals surface area contributed by atoms with Gasteiger partial charge in [0.1, 0.15) is 9.79 Å². The Morgan fingerprint density at radius 1 is 1.17 bits per heavy atom. The third-order valence-corrected chi connectivity index (χ3v) is 10.0. The molecule has 1 saturated heterocycles. The van der Waals surface area contributed by atoms with Crippen LogP contribution in [-0.2, 0) is 24.8 Å². The molecule has 21 heteroatoms. The summed E-state index contributed by atoms with van der Waals surface area (Å²) in [5.74, 6) is -2.92. The van der Waals surface area contributed by atoms with Gasteiger partial charge in [-0.25, -0.2) is 31.8 Å². The van der Waals surface area contributed by atoms with Gasteiger partial charge in [0.15, 0.2) is 5.13 Å². The van der Waals surface area contributed by atoms with E-state index in [2.05, 4.69) is 25.6 Å². The van der Waals surface area contributed by atoms with Crippen molar-refractivity contribution >= 4 is 52.7 Å². The molecule has 1 fully saturated rings. The van der Waals surface area contributed by atoms with Crippen molar-refractivity contribution in [1.82, 2.24) is 29.9 Å². The van der Waals surface area contributed by atoms with Crippen molar-refractivity contribution in [2.24, 2.45) is 16.8 Å². The van der Waals surface area contributed by atoms with E-state index in [1.165, 1.54) is 27.8 Å². The van der Waals surface area contributed by atoms with Gasteiger partial charge in [-0.3, -0.25) is 0 Å². The number of aliphatic carboxylic acids is 1. The summed E-state index contributed by atoms with van der Waals surface area (Å²) < 4.78 is 86.9. The number of alkyl halides is 3. The van der Waals surface area contributed by atoms with E-state index in [-0.39, 0.29) is 30.4 Å². The number of para-hydroxylation sites is 1. The molecular weight excluding hydrogens is 627 g/mol. The van der Waals surface area contributed by atoms with Crippen LogP contribution in [0.15, 0.2) is 40.1 Å². The molecule has 2 aromatic heterocycles. The molecule has 0 saturated carbocycles. The average molecular weight is 650 g/mol. The Morgan fingerprint density at radius 2 is 1.86 bits per heavy atom. The summed E-state index contributed by atoms with van der Waals surface area (Å²) in [5, 5.41) is 26.8. The lowest BCUT2D eigenvalue weighted by Crippen LogP contribution is -2.32. The molecule has 8 N–H and O–H groups in total. The van der Waals surface area contributed by atoms with Gasteiger partial charge in [0.2, 0.25) is 25.9 Å². The number of carboxylic acid groups (broad SMARTS) is 1. The maximum atomic E-state index is 13.6. The topological polar surface area (TPSA) is 254 Å². The van der Waals surface area contributed by atoms with Gasteiger partial charge in [-0.2, -0.15) is 22.7 Å². The highest BCUT2D eigenvalue weighted by Crippen LogP contribution is 2.42. The van der Waals surface area contributed by atoms with Gasteiger partial charge in [0.25, 0.3) is 0 Å². The van der Waals surface area contributed by atoms with Crippen molar-refractivity contribution in [3.63, 3.8) is 0 Å². The Morgan fingerprint density at radius 3 is 2.40 bits per heavy atom. The van der Waals surface area contributed by atoms with Gasteiger partial charge in [0.05, 0.1) is 15.8 Å². The number of hydrogen-bond donors (Lipinski definition) is 5. The van der Waals surface area contributed by atoms with E-state index in [9.17, 15) is 30.0 Å². The Hall–Kier alpha value is -3.76. The van der Waals surface area contributed by atoms with Crippen LogP contribution in [-0.4, -0.2) is 83.6 Å². The lowest BCUT2D eigenvalue weighted by molar-refractivity contribution is -0.192. The number of aromatic amines is 1. The molecule has 2 aromatic carbocycles. The quantitative estimate of drug-likeness (QED) is 0.196. The lowest BCUT2D eigenvalue weighted by Gasteiger charge is -2.21. The van der Waals surface area contributed by atoms with Crippen LogP contribution in [0.2, 0.25) is 0 Å². The van der Waals surface area contributed by atoms with Crippen molar-refractivity contribution in [1.29, 1.82) is 0 Å². The molecule has 3 heterocycles. The summed E-state index contributed by atoms with van der Waals surface area (Å²) in [6.07, 6.45) is -4.51. The van der Waals surface area contributed by atoms with Gasteiger partial charge in [-0.05, 0) is 41.8 Å². The number of tetrazole rings is 1. The molecule has 1 atom stereocenters. The summed E-state index contributed by atoms with van der Waals surface area (Å²) >= 11 is 1.26. The largest absolute Gasteiger partial charge is 0.490 e.